The molecule has 1 heterocycles. The molecule has 0 saturated heterocycles. The minimum Gasteiger partial charge on any atom is -0.345 e. The number of H-pyrrole nitrogens is 1. The van der Waals surface area contributed by atoms with Crippen molar-refractivity contribution in [2.45, 2.75) is 20.3 Å². The first-order valence-electron chi connectivity index (χ1n) is 5.51. The van der Waals surface area contributed by atoms with Crippen molar-refractivity contribution in [2.75, 3.05) is 20.1 Å². The van der Waals surface area contributed by atoms with Crippen molar-refractivity contribution in [3.8, 4) is 0 Å². The van der Waals surface area contributed by atoms with Gasteiger partial charge in [0.25, 0.3) is 5.91 Å². The number of likely N-dealkylation sites (N-methyl/N-ethyl adjacent to an activating group) is 1. The van der Waals surface area contributed by atoms with Crippen LogP contribution in [0.4, 0.5) is 0 Å². The maximum Gasteiger partial charge on any atom is 0.291 e. The van der Waals surface area contributed by atoms with Crippen molar-refractivity contribution in [2.24, 2.45) is 0 Å². The summed E-state index contributed by atoms with van der Waals surface area (Å²) >= 11 is 0. The van der Waals surface area contributed by atoms with Crippen LogP contribution in [0.5, 0.6) is 0 Å². The van der Waals surface area contributed by atoms with Crippen molar-refractivity contribution in [3.05, 3.63) is 11.6 Å². The zero-order valence-corrected chi connectivity index (χ0v) is 10.3. The third kappa shape index (κ3) is 3.54. The number of amides is 2. The molecule has 7 heteroatoms. The highest BCUT2D eigenvalue weighted by molar-refractivity contribution is 5.93. The molecule has 17 heavy (non-hydrogen) atoms. The van der Waals surface area contributed by atoms with Gasteiger partial charge in [-0.3, -0.25) is 14.7 Å². The van der Waals surface area contributed by atoms with Gasteiger partial charge in [-0.05, 0) is 6.92 Å². The standard InChI is InChI=1S/C10H17N5O2/c1-4-7-12-9(14-13-7)10(17)11-6-8(16)15(3)5-2/h4-6H2,1-3H3,(H,11,17)(H,12,13,14). The molecular weight excluding hydrogens is 222 g/mol. The van der Waals surface area contributed by atoms with Gasteiger partial charge in [0.1, 0.15) is 5.82 Å². The summed E-state index contributed by atoms with van der Waals surface area (Å²) < 4.78 is 0. The molecule has 94 valence electrons. The summed E-state index contributed by atoms with van der Waals surface area (Å²) in [4.78, 5) is 28.5. The lowest BCUT2D eigenvalue weighted by Gasteiger charge is -2.14. The Morgan fingerprint density at radius 1 is 1.41 bits per heavy atom. The van der Waals surface area contributed by atoms with E-state index in [0.717, 1.165) is 0 Å². The molecule has 1 rings (SSSR count). The molecule has 2 amide bonds. The van der Waals surface area contributed by atoms with Crippen LogP contribution in [-0.4, -0.2) is 52.0 Å². The molecule has 0 atom stereocenters. The summed E-state index contributed by atoms with van der Waals surface area (Å²) in [5.74, 6) is 0.117. The van der Waals surface area contributed by atoms with Crippen molar-refractivity contribution in [1.82, 2.24) is 25.4 Å². The number of hydrogen-bond donors (Lipinski definition) is 2. The van der Waals surface area contributed by atoms with Gasteiger partial charge in [0.15, 0.2) is 0 Å². The predicted octanol–water partition coefficient (Wildman–Crippen LogP) is -0.425. The Morgan fingerprint density at radius 2 is 2.12 bits per heavy atom. The van der Waals surface area contributed by atoms with E-state index in [0.29, 0.717) is 18.8 Å². The van der Waals surface area contributed by atoms with Gasteiger partial charge in [0.2, 0.25) is 11.7 Å². The molecule has 0 aliphatic heterocycles. The minimum absolute atomic E-state index is 0.0425. The molecule has 1 aromatic heterocycles. The number of nitrogens with one attached hydrogen (secondary N) is 2. The van der Waals surface area contributed by atoms with Crippen LogP contribution in [0.15, 0.2) is 0 Å². The first-order valence-corrected chi connectivity index (χ1v) is 5.51. The number of rotatable bonds is 5. The number of nitrogens with zero attached hydrogens (tertiary/aromatic N) is 3. The largest absolute Gasteiger partial charge is 0.345 e. The van der Waals surface area contributed by atoms with Gasteiger partial charge in [-0.1, -0.05) is 6.92 Å². The third-order valence-corrected chi connectivity index (χ3v) is 2.37. The van der Waals surface area contributed by atoms with Crippen LogP contribution >= 0.6 is 0 Å². The van der Waals surface area contributed by atoms with E-state index in [1.807, 2.05) is 13.8 Å². The number of carbonyl (C=O) groups is 2. The maximum absolute atomic E-state index is 11.6. The van der Waals surface area contributed by atoms with Gasteiger partial charge in [-0.25, -0.2) is 4.98 Å². The Balaban J connectivity index is 2.47. The summed E-state index contributed by atoms with van der Waals surface area (Å²) in [5.41, 5.74) is 0. The molecule has 0 spiro atoms. The Morgan fingerprint density at radius 3 is 2.65 bits per heavy atom. The minimum atomic E-state index is -0.446. The van der Waals surface area contributed by atoms with Crippen LogP contribution in [0, 0.1) is 0 Å². The van der Waals surface area contributed by atoms with Crippen molar-refractivity contribution >= 4 is 11.8 Å². The van der Waals surface area contributed by atoms with Gasteiger partial charge in [-0.2, -0.15) is 0 Å². The molecule has 7 nitrogen and oxygen atoms in total. The molecule has 2 N–H and O–H groups in total. The molecule has 0 aromatic carbocycles. The number of carbonyl (C=O) groups excluding carboxylic acids is 2. The second-order valence-corrected chi connectivity index (χ2v) is 3.55. The van der Waals surface area contributed by atoms with E-state index in [9.17, 15) is 9.59 Å². The Bertz CT molecular complexity index is 401. The molecule has 0 fully saturated rings. The van der Waals surface area contributed by atoms with Gasteiger partial charge >= 0.3 is 0 Å². The number of aromatic nitrogens is 3. The van der Waals surface area contributed by atoms with Gasteiger partial charge in [0.05, 0.1) is 6.54 Å². The Labute approximate surface area is 99.6 Å². The molecule has 1 aromatic rings. The van der Waals surface area contributed by atoms with E-state index >= 15 is 0 Å². The number of aromatic amines is 1. The van der Waals surface area contributed by atoms with Crippen molar-refractivity contribution in [1.29, 1.82) is 0 Å². The molecule has 0 aliphatic carbocycles. The lowest BCUT2D eigenvalue weighted by molar-refractivity contribution is -0.128. The average molecular weight is 239 g/mol. The van der Waals surface area contributed by atoms with E-state index in [1.54, 1.807) is 7.05 Å². The van der Waals surface area contributed by atoms with E-state index in [4.69, 9.17) is 0 Å². The Hall–Kier alpha value is -1.92. The molecule has 0 bridgehead atoms. The van der Waals surface area contributed by atoms with Gasteiger partial charge in [0, 0.05) is 20.0 Å². The summed E-state index contributed by atoms with van der Waals surface area (Å²) in [6, 6.07) is 0. The van der Waals surface area contributed by atoms with Crippen LogP contribution in [0.25, 0.3) is 0 Å². The zero-order chi connectivity index (χ0) is 12.8. The van der Waals surface area contributed by atoms with E-state index in [-0.39, 0.29) is 18.3 Å². The second-order valence-electron chi connectivity index (χ2n) is 3.55. The predicted molar refractivity (Wildman–Crippen MR) is 61.4 cm³/mol. The van der Waals surface area contributed by atoms with Crippen LogP contribution in [-0.2, 0) is 11.2 Å². The normalized spacial score (nSPS) is 10.1. The van der Waals surface area contributed by atoms with Crippen LogP contribution < -0.4 is 5.32 Å². The second kappa shape index (κ2) is 5.97. The van der Waals surface area contributed by atoms with Crippen LogP contribution in [0.3, 0.4) is 0 Å². The molecule has 0 radical (unpaired) electrons. The topological polar surface area (TPSA) is 91.0 Å². The highest BCUT2D eigenvalue weighted by Gasteiger charge is 2.14. The molecular formula is C10H17N5O2. The average Bonchev–Trinajstić information content (AvgIpc) is 2.83. The van der Waals surface area contributed by atoms with E-state index in [1.165, 1.54) is 4.90 Å². The molecule has 0 aliphatic rings. The summed E-state index contributed by atoms with van der Waals surface area (Å²) in [7, 11) is 1.68. The van der Waals surface area contributed by atoms with Crippen LogP contribution in [0.1, 0.15) is 30.3 Å². The summed E-state index contributed by atoms with van der Waals surface area (Å²) in [6.45, 7) is 4.33. The first-order chi connectivity index (χ1) is 8.08. The molecule has 0 unspecified atom stereocenters. The fourth-order valence-corrected chi connectivity index (χ4v) is 1.10. The van der Waals surface area contributed by atoms with Crippen molar-refractivity contribution < 1.29 is 9.59 Å². The fraction of sp³-hybridized carbons (Fsp3) is 0.600. The highest BCUT2D eigenvalue weighted by Crippen LogP contribution is 1.93. The highest BCUT2D eigenvalue weighted by atomic mass is 16.2. The molecule has 0 saturated carbocycles. The SMILES string of the molecule is CCc1nc(C(=O)NCC(=O)N(C)CC)n[nH]1. The monoisotopic (exact) mass is 239 g/mol. The lowest BCUT2D eigenvalue weighted by Crippen LogP contribution is -2.38. The van der Waals surface area contributed by atoms with Gasteiger partial charge in [-0.15, -0.1) is 5.10 Å². The van der Waals surface area contributed by atoms with Crippen molar-refractivity contribution in [3.63, 3.8) is 0 Å². The van der Waals surface area contributed by atoms with Gasteiger partial charge < -0.3 is 10.2 Å². The summed E-state index contributed by atoms with van der Waals surface area (Å²) in [5, 5.41) is 8.87. The maximum atomic E-state index is 11.6. The number of aryl methyl sites for hydroxylation is 1. The lowest BCUT2D eigenvalue weighted by atomic mass is 10.4. The third-order valence-electron chi connectivity index (χ3n) is 2.37. The quantitative estimate of drug-likeness (QED) is 0.729. The van der Waals surface area contributed by atoms with E-state index < -0.39 is 5.91 Å². The smallest absolute Gasteiger partial charge is 0.291 e. The van der Waals surface area contributed by atoms with Crippen LogP contribution in [0.2, 0.25) is 0 Å². The van der Waals surface area contributed by atoms with E-state index in [2.05, 4.69) is 20.5 Å². The number of hydrogen-bond acceptors (Lipinski definition) is 4. The summed E-state index contributed by atoms with van der Waals surface area (Å²) in [6.07, 6.45) is 0.678. The Kier molecular flexibility index (Phi) is 4.62. The zero-order valence-electron chi connectivity index (χ0n) is 10.3. The first kappa shape index (κ1) is 13.1. The fourth-order valence-electron chi connectivity index (χ4n) is 1.10.